The number of nitrogens with zero attached hydrogens (tertiary/aromatic N) is 2. The van der Waals surface area contributed by atoms with Crippen molar-refractivity contribution in [3.8, 4) is 11.4 Å². The molecule has 23 heavy (non-hydrogen) atoms. The van der Waals surface area contributed by atoms with Gasteiger partial charge in [-0.25, -0.2) is 19.2 Å². The number of carboxylic acids is 1. The normalized spacial score (nSPS) is 10.3. The molecule has 3 aromatic rings. The SMILES string of the molecule is O=C(O)c1cnc(-c2ccccc2)nc1Nc1ccc(F)cc1. The van der Waals surface area contributed by atoms with Crippen LogP contribution in [-0.4, -0.2) is 21.0 Å². The molecule has 114 valence electrons. The van der Waals surface area contributed by atoms with E-state index in [0.29, 0.717) is 11.5 Å². The van der Waals surface area contributed by atoms with E-state index in [1.807, 2.05) is 30.3 Å². The highest BCUT2D eigenvalue weighted by Crippen LogP contribution is 2.22. The van der Waals surface area contributed by atoms with Crippen molar-refractivity contribution in [3.63, 3.8) is 0 Å². The third-order valence-corrected chi connectivity index (χ3v) is 3.16. The zero-order chi connectivity index (χ0) is 16.2. The minimum atomic E-state index is -1.14. The lowest BCUT2D eigenvalue weighted by atomic mass is 10.2. The second-order valence-corrected chi connectivity index (χ2v) is 4.76. The minimum Gasteiger partial charge on any atom is -0.477 e. The highest BCUT2D eigenvalue weighted by Gasteiger charge is 2.14. The summed E-state index contributed by atoms with van der Waals surface area (Å²) >= 11 is 0. The molecule has 3 rings (SSSR count). The van der Waals surface area contributed by atoms with Crippen LogP contribution in [0.4, 0.5) is 15.9 Å². The van der Waals surface area contributed by atoms with Crippen LogP contribution in [0.2, 0.25) is 0 Å². The van der Waals surface area contributed by atoms with Gasteiger partial charge in [0.15, 0.2) is 5.82 Å². The van der Waals surface area contributed by atoms with Crippen LogP contribution in [-0.2, 0) is 0 Å². The summed E-state index contributed by atoms with van der Waals surface area (Å²) in [6.07, 6.45) is 1.25. The molecule has 0 aliphatic heterocycles. The summed E-state index contributed by atoms with van der Waals surface area (Å²) in [5.41, 5.74) is 1.24. The van der Waals surface area contributed by atoms with Gasteiger partial charge in [0, 0.05) is 17.4 Å². The number of anilines is 2. The first-order valence-corrected chi connectivity index (χ1v) is 6.82. The smallest absolute Gasteiger partial charge is 0.341 e. The van der Waals surface area contributed by atoms with Crippen LogP contribution >= 0.6 is 0 Å². The molecule has 2 aromatic carbocycles. The fourth-order valence-corrected chi connectivity index (χ4v) is 2.03. The number of carbonyl (C=O) groups is 1. The second kappa shape index (κ2) is 6.23. The largest absolute Gasteiger partial charge is 0.477 e. The van der Waals surface area contributed by atoms with Gasteiger partial charge in [-0.05, 0) is 24.3 Å². The van der Waals surface area contributed by atoms with Gasteiger partial charge in [-0.2, -0.15) is 0 Å². The fraction of sp³-hybridized carbons (Fsp3) is 0. The predicted octanol–water partition coefficient (Wildman–Crippen LogP) is 3.72. The van der Waals surface area contributed by atoms with Gasteiger partial charge in [0.1, 0.15) is 17.2 Å². The average molecular weight is 309 g/mol. The Labute approximate surface area is 131 Å². The zero-order valence-corrected chi connectivity index (χ0v) is 11.9. The average Bonchev–Trinajstić information content (AvgIpc) is 2.57. The molecule has 0 saturated carbocycles. The van der Waals surface area contributed by atoms with Crippen molar-refractivity contribution >= 4 is 17.5 Å². The summed E-state index contributed by atoms with van der Waals surface area (Å²) in [5.74, 6) is -0.964. The molecule has 0 aliphatic rings. The number of nitrogens with one attached hydrogen (secondary N) is 1. The Morgan fingerprint density at radius 3 is 2.39 bits per heavy atom. The monoisotopic (exact) mass is 309 g/mol. The molecule has 2 N–H and O–H groups in total. The van der Waals surface area contributed by atoms with E-state index in [1.54, 1.807) is 0 Å². The van der Waals surface area contributed by atoms with Gasteiger partial charge < -0.3 is 10.4 Å². The van der Waals surface area contributed by atoms with Gasteiger partial charge in [-0.15, -0.1) is 0 Å². The number of rotatable bonds is 4. The van der Waals surface area contributed by atoms with E-state index in [-0.39, 0.29) is 17.2 Å². The zero-order valence-electron chi connectivity index (χ0n) is 11.9. The van der Waals surface area contributed by atoms with Crippen molar-refractivity contribution in [2.45, 2.75) is 0 Å². The van der Waals surface area contributed by atoms with Gasteiger partial charge in [0.25, 0.3) is 0 Å². The number of hydrogen-bond acceptors (Lipinski definition) is 4. The third kappa shape index (κ3) is 3.32. The van der Waals surface area contributed by atoms with Crippen molar-refractivity contribution in [2.24, 2.45) is 0 Å². The molecule has 0 saturated heterocycles. The van der Waals surface area contributed by atoms with Crippen LogP contribution in [0.5, 0.6) is 0 Å². The molecule has 0 aliphatic carbocycles. The molecule has 0 radical (unpaired) electrons. The molecule has 0 unspecified atom stereocenters. The van der Waals surface area contributed by atoms with Crippen LogP contribution in [0.1, 0.15) is 10.4 Å². The predicted molar refractivity (Wildman–Crippen MR) is 84.1 cm³/mol. The maximum Gasteiger partial charge on any atom is 0.341 e. The van der Waals surface area contributed by atoms with Crippen LogP contribution < -0.4 is 5.32 Å². The lowest BCUT2D eigenvalue weighted by Gasteiger charge is -2.10. The van der Waals surface area contributed by atoms with E-state index < -0.39 is 5.97 Å². The molecule has 0 bridgehead atoms. The summed E-state index contributed by atoms with van der Waals surface area (Å²) in [6.45, 7) is 0. The maximum atomic E-state index is 13.0. The molecule has 6 heteroatoms. The number of aromatic nitrogens is 2. The molecule has 0 spiro atoms. The lowest BCUT2D eigenvalue weighted by Crippen LogP contribution is -2.07. The number of aromatic carboxylic acids is 1. The Bertz CT molecular complexity index is 836. The van der Waals surface area contributed by atoms with E-state index in [1.165, 1.54) is 30.5 Å². The van der Waals surface area contributed by atoms with E-state index in [0.717, 1.165) is 5.56 Å². The van der Waals surface area contributed by atoms with Crippen LogP contribution in [0.25, 0.3) is 11.4 Å². The highest BCUT2D eigenvalue weighted by molar-refractivity contribution is 5.94. The van der Waals surface area contributed by atoms with Crippen LogP contribution in [0, 0.1) is 5.82 Å². The lowest BCUT2D eigenvalue weighted by molar-refractivity contribution is 0.0697. The van der Waals surface area contributed by atoms with E-state index in [2.05, 4.69) is 15.3 Å². The summed E-state index contributed by atoms with van der Waals surface area (Å²) in [6, 6.07) is 14.8. The number of carboxylic acid groups (broad SMARTS) is 1. The Kier molecular flexibility index (Phi) is 3.97. The van der Waals surface area contributed by atoms with Crippen molar-refractivity contribution < 1.29 is 14.3 Å². The maximum absolute atomic E-state index is 13.0. The topological polar surface area (TPSA) is 75.1 Å². The van der Waals surface area contributed by atoms with Gasteiger partial charge in [-0.3, -0.25) is 0 Å². The van der Waals surface area contributed by atoms with E-state index in [9.17, 15) is 14.3 Å². The Balaban J connectivity index is 2.01. The summed E-state index contributed by atoms with van der Waals surface area (Å²) in [7, 11) is 0. The standard InChI is InChI=1S/C17H12FN3O2/c18-12-6-8-13(9-7-12)20-16-14(17(22)23)10-19-15(21-16)11-4-2-1-3-5-11/h1-10H,(H,22,23)(H,19,20,21). The molecule has 0 fully saturated rings. The van der Waals surface area contributed by atoms with E-state index >= 15 is 0 Å². The fourth-order valence-electron chi connectivity index (χ4n) is 2.03. The van der Waals surface area contributed by atoms with Gasteiger partial charge in [-0.1, -0.05) is 30.3 Å². The van der Waals surface area contributed by atoms with Crippen molar-refractivity contribution in [1.29, 1.82) is 0 Å². The first-order chi connectivity index (χ1) is 11.1. The molecular formula is C17H12FN3O2. The summed E-state index contributed by atoms with van der Waals surface area (Å²) < 4.78 is 13.0. The van der Waals surface area contributed by atoms with Crippen molar-refractivity contribution in [3.05, 3.63) is 72.2 Å². The quantitative estimate of drug-likeness (QED) is 0.768. The second-order valence-electron chi connectivity index (χ2n) is 4.76. The molecular weight excluding hydrogens is 297 g/mol. The first kappa shape index (κ1) is 14.6. The highest BCUT2D eigenvalue weighted by atomic mass is 19.1. The molecule has 0 amide bonds. The number of benzene rings is 2. The van der Waals surface area contributed by atoms with Gasteiger partial charge in [0.05, 0.1) is 0 Å². The van der Waals surface area contributed by atoms with Crippen molar-refractivity contribution in [2.75, 3.05) is 5.32 Å². The van der Waals surface area contributed by atoms with Gasteiger partial charge >= 0.3 is 5.97 Å². The third-order valence-electron chi connectivity index (χ3n) is 3.16. The summed E-state index contributed by atoms with van der Waals surface area (Å²) in [4.78, 5) is 19.7. The first-order valence-electron chi connectivity index (χ1n) is 6.82. The Morgan fingerprint density at radius 1 is 1.04 bits per heavy atom. The Morgan fingerprint density at radius 2 is 1.74 bits per heavy atom. The number of halogens is 1. The molecule has 1 aromatic heterocycles. The van der Waals surface area contributed by atoms with Gasteiger partial charge in [0.2, 0.25) is 0 Å². The number of hydrogen-bond donors (Lipinski definition) is 2. The minimum absolute atomic E-state index is 0.0611. The van der Waals surface area contributed by atoms with Crippen LogP contribution in [0.3, 0.4) is 0 Å². The molecule has 5 nitrogen and oxygen atoms in total. The van der Waals surface area contributed by atoms with Crippen LogP contribution in [0.15, 0.2) is 60.8 Å². The summed E-state index contributed by atoms with van der Waals surface area (Å²) in [5, 5.41) is 12.2. The molecule has 0 atom stereocenters. The molecule has 1 heterocycles. The van der Waals surface area contributed by atoms with Crippen molar-refractivity contribution in [1.82, 2.24) is 9.97 Å². The Hall–Kier alpha value is -3.28. The van der Waals surface area contributed by atoms with E-state index in [4.69, 9.17) is 0 Å².